The lowest BCUT2D eigenvalue weighted by Gasteiger charge is -2.58. The van der Waals surface area contributed by atoms with E-state index in [0.717, 1.165) is 11.1 Å². The summed E-state index contributed by atoms with van der Waals surface area (Å²) < 4.78 is 13.1. The molecule has 6 nitrogen and oxygen atoms in total. The summed E-state index contributed by atoms with van der Waals surface area (Å²) in [5.74, 6) is -0.606. The van der Waals surface area contributed by atoms with Gasteiger partial charge in [-0.1, -0.05) is 36.4 Å². The minimum absolute atomic E-state index is 0.0416. The second-order valence-corrected chi connectivity index (χ2v) is 7.63. The first-order chi connectivity index (χ1) is 14.5. The molecule has 7 heteroatoms. The minimum Gasteiger partial charge on any atom is -0.394 e. The second-order valence-electron chi connectivity index (χ2n) is 7.63. The molecule has 0 aliphatic carbocycles. The number of hydrogen-bond acceptors (Lipinski definition) is 3. The molecule has 2 aromatic carbocycles. The maximum Gasteiger partial charge on any atom is 0.322 e. The van der Waals surface area contributed by atoms with Crippen LogP contribution in [0.1, 0.15) is 24.0 Å². The monoisotopic (exact) mass is 409 g/mol. The minimum atomic E-state index is -0.399. The van der Waals surface area contributed by atoms with Crippen molar-refractivity contribution in [2.45, 2.75) is 24.9 Å². The molecule has 0 saturated carbocycles. The fraction of sp³-hybridized carbons (Fsp3) is 0.304. The van der Waals surface area contributed by atoms with Crippen LogP contribution in [0.3, 0.4) is 0 Å². The summed E-state index contributed by atoms with van der Waals surface area (Å²) in [6.07, 6.45) is 3.97. The van der Waals surface area contributed by atoms with Crippen molar-refractivity contribution in [2.24, 2.45) is 0 Å². The van der Waals surface area contributed by atoms with E-state index in [9.17, 15) is 19.1 Å². The highest BCUT2D eigenvalue weighted by Gasteiger charge is 2.54. The quantitative estimate of drug-likeness (QED) is 0.815. The molecule has 0 spiro atoms. The predicted octanol–water partition coefficient (Wildman–Crippen LogP) is 3.06. The Labute approximate surface area is 174 Å². The van der Waals surface area contributed by atoms with Crippen molar-refractivity contribution < 1.29 is 19.1 Å². The van der Waals surface area contributed by atoms with E-state index < -0.39 is 6.03 Å². The van der Waals surface area contributed by atoms with Crippen molar-refractivity contribution in [1.29, 1.82) is 0 Å². The molecule has 2 aliphatic heterocycles. The number of carbonyl (C=O) groups excluding carboxylic acids is 2. The van der Waals surface area contributed by atoms with E-state index in [4.69, 9.17) is 0 Å². The van der Waals surface area contributed by atoms with Crippen LogP contribution >= 0.6 is 0 Å². The summed E-state index contributed by atoms with van der Waals surface area (Å²) in [5, 5.41) is 12.6. The van der Waals surface area contributed by atoms with E-state index in [1.165, 1.54) is 29.2 Å². The lowest BCUT2D eigenvalue weighted by Crippen LogP contribution is -2.73. The Bertz CT molecular complexity index is 959. The zero-order chi connectivity index (χ0) is 21.3. The fourth-order valence-corrected chi connectivity index (χ4v) is 4.41. The maximum atomic E-state index is 13.1. The van der Waals surface area contributed by atoms with Gasteiger partial charge in [-0.05, 0) is 42.3 Å². The SMILES string of the molecule is CC=Cc1ccc([C@H]2[C@@H](CO)N3C(=O)CN(C(=O)Nc4ccc(F)cc4)C[C@@H]23)cc1. The molecule has 2 aliphatic rings. The number of nitrogens with zero attached hydrogens (tertiary/aromatic N) is 2. The number of amides is 3. The van der Waals surface area contributed by atoms with Crippen LogP contribution in [0.4, 0.5) is 14.9 Å². The van der Waals surface area contributed by atoms with E-state index in [0.29, 0.717) is 12.2 Å². The molecule has 2 saturated heterocycles. The van der Waals surface area contributed by atoms with E-state index in [-0.39, 0.29) is 42.9 Å². The molecular weight excluding hydrogens is 385 g/mol. The lowest BCUT2D eigenvalue weighted by atomic mass is 9.73. The number of allylic oxidation sites excluding steroid dienone is 1. The molecule has 0 unspecified atom stereocenters. The Hall–Kier alpha value is -3.19. The van der Waals surface area contributed by atoms with Crippen LogP contribution in [0.25, 0.3) is 6.08 Å². The zero-order valence-electron chi connectivity index (χ0n) is 16.7. The number of nitrogens with one attached hydrogen (secondary N) is 1. The number of benzene rings is 2. The molecule has 2 N–H and O–H groups in total. The number of fused-ring (bicyclic) bond motifs is 1. The molecule has 3 amide bonds. The highest BCUT2D eigenvalue weighted by Crippen LogP contribution is 2.43. The molecule has 2 heterocycles. The van der Waals surface area contributed by atoms with Crippen LogP contribution in [0.5, 0.6) is 0 Å². The summed E-state index contributed by atoms with van der Waals surface area (Å²) in [4.78, 5) is 28.5. The van der Waals surface area contributed by atoms with Gasteiger partial charge in [-0.15, -0.1) is 0 Å². The fourth-order valence-electron chi connectivity index (χ4n) is 4.41. The van der Waals surface area contributed by atoms with Gasteiger partial charge >= 0.3 is 6.03 Å². The third-order valence-electron chi connectivity index (χ3n) is 5.82. The largest absolute Gasteiger partial charge is 0.394 e. The summed E-state index contributed by atoms with van der Waals surface area (Å²) in [6, 6.07) is 12.7. The Morgan fingerprint density at radius 3 is 2.53 bits per heavy atom. The summed E-state index contributed by atoms with van der Waals surface area (Å²) in [6.45, 7) is 2.16. The number of halogens is 1. The number of aliphatic hydroxyl groups excluding tert-OH is 1. The van der Waals surface area contributed by atoms with Crippen LogP contribution in [-0.2, 0) is 4.79 Å². The normalized spacial score (nSPS) is 23.3. The van der Waals surface area contributed by atoms with Gasteiger partial charge in [-0.3, -0.25) is 4.79 Å². The van der Waals surface area contributed by atoms with Gasteiger partial charge in [0.05, 0.1) is 18.7 Å². The van der Waals surface area contributed by atoms with E-state index >= 15 is 0 Å². The third-order valence-corrected chi connectivity index (χ3v) is 5.82. The Balaban J connectivity index is 1.50. The van der Waals surface area contributed by atoms with Crippen LogP contribution in [0, 0.1) is 5.82 Å². The van der Waals surface area contributed by atoms with Gasteiger partial charge in [0, 0.05) is 18.2 Å². The average molecular weight is 409 g/mol. The number of carbonyl (C=O) groups is 2. The molecule has 3 atom stereocenters. The number of hydrogen-bond donors (Lipinski definition) is 2. The summed E-state index contributed by atoms with van der Waals surface area (Å²) in [7, 11) is 0. The Kier molecular flexibility index (Phi) is 5.55. The first-order valence-corrected chi connectivity index (χ1v) is 9.98. The van der Waals surface area contributed by atoms with Crippen LogP contribution in [0.15, 0.2) is 54.6 Å². The van der Waals surface area contributed by atoms with Crippen molar-refractivity contribution >= 4 is 23.7 Å². The van der Waals surface area contributed by atoms with Crippen LogP contribution in [0.2, 0.25) is 0 Å². The van der Waals surface area contributed by atoms with Gasteiger partial charge in [-0.2, -0.15) is 0 Å². The number of aliphatic hydroxyl groups is 1. The highest BCUT2D eigenvalue weighted by atomic mass is 19.1. The Morgan fingerprint density at radius 1 is 1.20 bits per heavy atom. The average Bonchev–Trinajstić information content (AvgIpc) is 2.72. The van der Waals surface area contributed by atoms with Gasteiger partial charge in [0.2, 0.25) is 5.91 Å². The topological polar surface area (TPSA) is 72.9 Å². The van der Waals surface area contributed by atoms with E-state index in [2.05, 4.69) is 5.32 Å². The molecule has 4 rings (SSSR count). The number of piperazine rings is 1. The molecule has 2 aromatic rings. The van der Waals surface area contributed by atoms with Crippen LogP contribution < -0.4 is 5.32 Å². The molecule has 0 aromatic heterocycles. The maximum absolute atomic E-state index is 13.1. The van der Waals surface area contributed by atoms with E-state index in [1.54, 1.807) is 4.90 Å². The van der Waals surface area contributed by atoms with Gasteiger partial charge in [0.1, 0.15) is 12.4 Å². The van der Waals surface area contributed by atoms with Crippen molar-refractivity contribution in [3.05, 3.63) is 71.6 Å². The summed E-state index contributed by atoms with van der Waals surface area (Å²) in [5.41, 5.74) is 2.59. The smallest absolute Gasteiger partial charge is 0.322 e. The van der Waals surface area contributed by atoms with E-state index in [1.807, 2.05) is 43.3 Å². The molecule has 0 bridgehead atoms. The highest BCUT2D eigenvalue weighted by molar-refractivity contribution is 5.93. The lowest BCUT2D eigenvalue weighted by molar-refractivity contribution is -0.159. The van der Waals surface area contributed by atoms with Gasteiger partial charge < -0.3 is 20.2 Å². The van der Waals surface area contributed by atoms with Gasteiger partial charge in [-0.25, -0.2) is 9.18 Å². The number of anilines is 1. The number of urea groups is 1. The standard InChI is InChI=1S/C23H24FN3O3/c1-2-3-15-4-6-16(7-5-15)22-19-12-26(13-21(29)27(19)20(22)14-28)23(30)25-18-10-8-17(24)9-11-18/h2-11,19-20,22,28H,12-14H2,1H3,(H,25,30)/t19-,20+,22+/m0/s1. The molecule has 156 valence electrons. The first-order valence-electron chi connectivity index (χ1n) is 9.98. The molecule has 0 radical (unpaired) electrons. The molecule has 30 heavy (non-hydrogen) atoms. The Morgan fingerprint density at radius 2 is 1.90 bits per heavy atom. The van der Waals surface area contributed by atoms with Crippen molar-refractivity contribution in [3.63, 3.8) is 0 Å². The third kappa shape index (κ3) is 3.68. The zero-order valence-corrected chi connectivity index (χ0v) is 16.7. The van der Waals surface area contributed by atoms with Crippen molar-refractivity contribution in [3.8, 4) is 0 Å². The van der Waals surface area contributed by atoms with Crippen molar-refractivity contribution in [2.75, 3.05) is 25.0 Å². The van der Waals surface area contributed by atoms with Gasteiger partial charge in [0.15, 0.2) is 0 Å². The second kappa shape index (κ2) is 8.28. The van der Waals surface area contributed by atoms with Crippen LogP contribution in [-0.4, -0.2) is 58.6 Å². The predicted molar refractivity (Wildman–Crippen MR) is 112 cm³/mol. The molecule has 2 fully saturated rings. The molecular formula is C23H24FN3O3. The first kappa shape index (κ1) is 20.1. The summed E-state index contributed by atoms with van der Waals surface area (Å²) >= 11 is 0. The van der Waals surface area contributed by atoms with Gasteiger partial charge in [0.25, 0.3) is 0 Å². The van der Waals surface area contributed by atoms with Crippen molar-refractivity contribution in [1.82, 2.24) is 9.80 Å². The number of rotatable bonds is 4.